The number of carbonyl (C=O) groups is 1. The average molecular weight is 459 g/mol. The van der Waals surface area contributed by atoms with Gasteiger partial charge < -0.3 is 20.4 Å². The zero-order valence-corrected chi connectivity index (χ0v) is 17.5. The van der Waals surface area contributed by atoms with Gasteiger partial charge in [-0.1, -0.05) is 18.2 Å². The Morgan fingerprint density at radius 2 is 1.88 bits per heavy atom. The Bertz CT molecular complexity index is 532. The molecule has 1 aliphatic rings. The lowest BCUT2D eigenvalue weighted by atomic mass is 10.3. The molecule has 0 bridgehead atoms. The van der Waals surface area contributed by atoms with Gasteiger partial charge in [-0.15, -0.1) is 24.0 Å². The normalized spacial score (nSPS) is 14.0. The highest BCUT2D eigenvalue weighted by Crippen LogP contribution is 2.09. The van der Waals surface area contributed by atoms with Crippen molar-refractivity contribution in [1.29, 1.82) is 0 Å². The van der Waals surface area contributed by atoms with Crippen molar-refractivity contribution in [3.05, 3.63) is 30.3 Å². The lowest BCUT2D eigenvalue weighted by molar-refractivity contribution is -0.128. The summed E-state index contributed by atoms with van der Waals surface area (Å²) in [6, 6.07) is 10.3. The maximum atomic E-state index is 12.1. The molecule has 140 valence electrons. The number of likely N-dealkylation sites (tertiary alicyclic amines) is 1. The van der Waals surface area contributed by atoms with E-state index in [1.165, 1.54) is 5.69 Å². The van der Waals surface area contributed by atoms with Gasteiger partial charge in [0.15, 0.2) is 5.96 Å². The van der Waals surface area contributed by atoms with Crippen LogP contribution in [0.3, 0.4) is 0 Å². The number of carbonyl (C=O) groups excluding carboxylic acids is 1. The summed E-state index contributed by atoms with van der Waals surface area (Å²) in [4.78, 5) is 20.6. The number of para-hydroxylation sites is 1. The van der Waals surface area contributed by atoms with Crippen molar-refractivity contribution in [2.75, 3.05) is 51.2 Å². The number of amides is 1. The molecule has 1 aliphatic heterocycles. The van der Waals surface area contributed by atoms with Gasteiger partial charge in [0, 0.05) is 45.5 Å². The van der Waals surface area contributed by atoms with Gasteiger partial charge in [0.25, 0.3) is 0 Å². The van der Waals surface area contributed by atoms with Crippen molar-refractivity contribution in [2.45, 2.75) is 19.8 Å². The van der Waals surface area contributed by atoms with Crippen molar-refractivity contribution in [2.24, 2.45) is 4.99 Å². The largest absolute Gasteiger partial charge is 0.373 e. The molecule has 0 aliphatic carbocycles. The third-order valence-corrected chi connectivity index (χ3v) is 4.11. The van der Waals surface area contributed by atoms with E-state index in [9.17, 15) is 4.79 Å². The average Bonchev–Trinajstić information content (AvgIpc) is 3.14. The van der Waals surface area contributed by atoms with Gasteiger partial charge in [-0.05, 0) is 31.9 Å². The summed E-state index contributed by atoms with van der Waals surface area (Å²) in [5.74, 6) is 0.817. The van der Waals surface area contributed by atoms with Crippen LogP contribution in [0.5, 0.6) is 0 Å². The van der Waals surface area contributed by atoms with Crippen LogP contribution in [-0.2, 0) is 4.79 Å². The van der Waals surface area contributed by atoms with Crippen LogP contribution in [0, 0.1) is 0 Å². The summed E-state index contributed by atoms with van der Waals surface area (Å²) in [7, 11) is 2.07. The molecule has 1 amide bonds. The van der Waals surface area contributed by atoms with E-state index >= 15 is 0 Å². The molecule has 2 rings (SSSR count). The van der Waals surface area contributed by atoms with Crippen molar-refractivity contribution in [3.63, 3.8) is 0 Å². The van der Waals surface area contributed by atoms with Crippen LogP contribution in [0.25, 0.3) is 0 Å². The molecule has 0 radical (unpaired) electrons. The van der Waals surface area contributed by atoms with Gasteiger partial charge in [-0.2, -0.15) is 0 Å². The highest BCUT2D eigenvalue weighted by atomic mass is 127. The van der Waals surface area contributed by atoms with Crippen LogP contribution in [-0.4, -0.2) is 63.1 Å². The van der Waals surface area contributed by atoms with Crippen LogP contribution in [0.15, 0.2) is 35.3 Å². The molecule has 0 unspecified atom stereocenters. The zero-order valence-electron chi connectivity index (χ0n) is 15.2. The summed E-state index contributed by atoms with van der Waals surface area (Å²) < 4.78 is 0. The van der Waals surface area contributed by atoms with Crippen LogP contribution in [0.4, 0.5) is 5.69 Å². The second kappa shape index (κ2) is 11.9. The number of likely N-dealkylation sites (N-methyl/N-ethyl adjacent to an activating group) is 1. The monoisotopic (exact) mass is 459 g/mol. The summed E-state index contributed by atoms with van der Waals surface area (Å²) in [5.41, 5.74) is 1.19. The van der Waals surface area contributed by atoms with Gasteiger partial charge >= 0.3 is 0 Å². The third-order valence-electron chi connectivity index (χ3n) is 4.11. The lowest BCUT2D eigenvalue weighted by Crippen LogP contribution is -2.42. The molecule has 0 atom stereocenters. The maximum Gasteiger partial charge on any atom is 0.244 e. The van der Waals surface area contributed by atoms with Crippen molar-refractivity contribution >= 4 is 41.5 Å². The van der Waals surface area contributed by atoms with Gasteiger partial charge in [-0.3, -0.25) is 4.79 Å². The summed E-state index contributed by atoms with van der Waals surface area (Å²) >= 11 is 0. The van der Waals surface area contributed by atoms with E-state index in [2.05, 4.69) is 39.7 Å². The number of hydrogen-bond acceptors (Lipinski definition) is 3. The Hall–Kier alpha value is -1.51. The molecule has 0 saturated carbocycles. The van der Waals surface area contributed by atoms with E-state index in [1.54, 1.807) is 0 Å². The first kappa shape index (κ1) is 21.5. The second-order valence-electron chi connectivity index (χ2n) is 5.97. The van der Waals surface area contributed by atoms with Crippen molar-refractivity contribution in [3.8, 4) is 0 Å². The van der Waals surface area contributed by atoms with E-state index in [-0.39, 0.29) is 36.4 Å². The smallest absolute Gasteiger partial charge is 0.244 e. The topological polar surface area (TPSA) is 60.0 Å². The van der Waals surface area contributed by atoms with Gasteiger partial charge in [0.2, 0.25) is 5.91 Å². The molecule has 1 saturated heterocycles. The van der Waals surface area contributed by atoms with Crippen LogP contribution >= 0.6 is 24.0 Å². The number of nitrogens with one attached hydrogen (secondary N) is 2. The van der Waals surface area contributed by atoms with E-state index in [4.69, 9.17) is 0 Å². The molecule has 1 fully saturated rings. The Balaban J connectivity index is 0.00000312. The van der Waals surface area contributed by atoms with Crippen LogP contribution < -0.4 is 15.5 Å². The number of anilines is 1. The van der Waals surface area contributed by atoms with Crippen LogP contribution in [0.2, 0.25) is 0 Å². The minimum atomic E-state index is 0. The number of nitrogens with zero attached hydrogens (tertiary/aromatic N) is 3. The fraction of sp³-hybridized carbons (Fsp3) is 0.556. The summed E-state index contributed by atoms with van der Waals surface area (Å²) in [6.45, 7) is 6.38. The lowest BCUT2D eigenvalue weighted by Gasteiger charge is -2.20. The van der Waals surface area contributed by atoms with E-state index in [1.807, 2.05) is 30.0 Å². The number of rotatable bonds is 7. The number of aliphatic imine (C=N–C) groups is 1. The molecular formula is C18H30IN5O. The predicted molar refractivity (Wildman–Crippen MR) is 115 cm³/mol. The Labute approximate surface area is 168 Å². The molecule has 1 aromatic rings. The van der Waals surface area contributed by atoms with Crippen molar-refractivity contribution in [1.82, 2.24) is 15.5 Å². The van der Waals surface area contributed by atoms with Gasteiger partial charge in [-0.25, -0.2) is 4.99 Å². The Kier molecular flexibility index (Phi) is 10.3. The minimum Gasteiger partial charge on any atom is -0.373 e. The fourth-order valence-electron chi connectivity index (χ4n) is 2.71. The first-order valence-corrected chi connectivity index (χ1v) is 8.77. The second-order valence-corrected chi connectivity index (χ2v) is 5.97. The molecule has 0 aromatic heterocycles. The van der Waals surface area contributed by atoms with Gasteiger partial charge in [0.1, 0.15) is 6.54 Å². The molecule has 0 spiro atoms. The van der Waals surface area contributed by atoms with E-state index < -0.39 is 0 Å². The van der Waals surface area contributed by atoms with Crippen molar-refractivity contribution < 1.29 is 4.79 Å². The number of hydrogen-bond donors (Lipinski definition) is 2. The number of benzene rings is 1. The van der Waals surface area contributed by atoms with E-state index in [0.717, 1.165) is 45.6 Å². The standard InChI is InChI=1S/C18H29N5O.HI/c1-3-19-18(21-15-17(24)23-12-7-8-13-23)20-11-14-22(2)16-9-5-4-6-10-16;/h4-6,9-10H,3,7-8,11-15H2,1-2H3,(H2,19,20,21);1H. The highest BCUT2D eigenvalue weighted by Gasteiger charge is 2.17. The Morgan fingerprint density at radius 3 is 2.52 bits per heavy atom. The first-order chi connectivity index (χ1) is 11.7. The quantitative estimate of drug-likeness (QED) is 0.372. The third kappa shape index (κ3) is 7.50. The maximum absolute atomic E-state index is 12.1. The van der Waals surface area contributed by atoms with Crippen LogP contribution in [0.1, 0.15) is 19.8 Å². The SMILES string of the molecule is CCNC(=NCC(=O)N1CCCC1)NCCN(C)c1ccccc1.I. The molecule has 2 N–H and O–H groups in total. The molecule has 7 heteroatoms. The zero-order chi connectivity index (χ0) is 17.2. The number of guanidine groups is 1. The molecule has 1 heterocycles. The predicted octanol–water partition coefficient (Wildman–Crippen LogP) is 1.92. The summed E-state index contributed by atoms with van der Waals surface area (Å²) in [5, 5.41) is 6.49. The molecule has 6 nitrogen and oxygen atoms in total. The van der Waals surface area contributed by atoms with Gasteiger partial charge in [0.05, 0.1) is 0 Å². The fourth-order valence-corrected chi connectivity index (χ4v) is 2.71. The first-order valence-electron chi connectivity index (χ1n) is 8.77. The molecule has 25 heavy (non-hydrogen) atoms. The molecule has 1 aromatic carbocycles. The number of halogens is 1. The summed E-state index contributed by atoms with van der Waals surface area (Å²) in [6.07, 6.45) is 2.22. The van der Waals surface area contributed by atoms with E-state index in [0.29, 0.717) is 5.96 Å². The highest BCUT2D eigenvalue weighted by molar-refractivity contribution is 14.0. The Morgan fingerprint density at radius 1 is 1.20 bits per heavy atom. The molecular weight excluding hydrogens is 429 g/mol. The minimum absolute atomic E-state index is 0.